The van der Waals surface area contributed by atoms with Gasteiger partial charge in [-0.15, -0.1) is 5.10 Å². The molecule has 6 heteroatoms. The van der Waals surface area contributed by atoms with E-state index in [1.54, 1.807) is 11.8 Å². The summed E-state index contributed by atoms with van der Waals surface area (Å²) in [4.78, 5) is 0. The molecule has 2 N–H and O–H groups in total. The number of tetrazole rings is 1. The molecule has 0 aliphatic heterocycles. The normalized spacial score (nSPS) is 10.6. The Morgan fingerprint density at radius 3 is 2.89 bits per heavy atom. The van der Waals surface area contributed by atoms with Gasteiger partial charge in [-0.2, -0.15) is 0 Å². The van der Waals surface area contributed by atoms with E-state index in [1.807, 2.05) is 25.1 Å². The first-order valence-electron chi connectivity index (χ1n) is 5.87. The van der Waals surface area contributed by atoms with Gasteiger partial charge in [0, 0.05) is 12.1 Å². The van der Waals surface area contributed by atoms with Gasteiger partial charge >= 0.3 is 0 Å². The predicted molar refractivity (Wildman–Crippen MR) is 68.2 cm³/mol. The molecule has 2 aromatic rings. The molecule has 1 aromatic carbocycles. The Bertz CT molecular complexity index is 523. The third-order valence-electron chi connectivity index (χ3n) is 2.76. The quantitative estimate of drug-likeness (QED) is 0.853. The number of rotatable bonds is 5. The first kappa shape index (κ1) is 12.5. The lowest BCUT2D eigenvalue weighted by atomic mass is 10.1. The van der Waals surface area contributed by atoms with E-state index in [0.717, 1.165) is 35.7 Å². The first-order valence-corrected chi connectivity index (χ1v) is 5.87. The van der Waals surface area contributed by atoms with Gasteiger partial charge in [-0.3, -0.25) is 0 Å². The van der Waals surface area contributed by atoms with Crippen LogP contribution in [0.15, 0.2) is 18.2 Å². The van der Waals surface area contributed by atoms with Gasteiger partial charge in [0.25, 0.3) is 0 Å². The summed E-state index contributed by atoms with van der Waals surface area (Å²) in [5.74, 6) is 1.62. The molecule has 0 radical (unpaired) electrons. The monoisotopic (exact) mass is 247 g/mol. The Balaban J connectivity index is 2.31. The lowest BCUT2D eigenvalue weighted by Gasteiger charge is -2.07. The summed E-state index contributed by atoms with van der Waals surface area (Å²) >= 11 is 0. The van der Waals surface area contributed by atoms with Crippen molar-refractivity contribution in [3.8, 4) is 17.1 Å². The van der Waals surface area contributed by atoms with Crippen molar-refractivity contribution in [1.82, 2.24) is 20.2 Å². The van der Waals surface area contributed by atoms with Crippen LogP contribution in [0.25, 0.3) is 11.4 Å². The molecule has 0 aliphatic carbocycles. The van der Waals surface area contributed by atoms with Crippen LogP contribution in [-0.2, 0) is 6.54 Å². The second-order valence-electron chi connectivity index (χ2n) is 4.05. The molecule has 6 nitrogen and oxygen atoms in total. The van der Waals surface area contributed by atoms with E-state index >= 15 is 0 Å². The van der Waals surface area contributed by atoms with Crippen molar-refractivity contribution in [2.24, 2.45) is 5.73 Å². The van der Waals surface area contributed by atoms with E-state index in [1.165, 1.54) is 0 Å². The number of hydrogen-bond donors (Lipinski definition) is 1. The van der Waals surface area contributed by atoms with Gasteiger partial charge in [0.1, 0.15) is 5.75 Å². The van der Waals surface area contributed by atoms with E-state index in [-0.39, 0.29) is 0 Å². The minimum absolute atomic E-state index is 0.626. The molecule has 1 aromatic heterocycles. The van der Waals surface area contributed by atoms with Gasteiger partial charge in [-0.25, -0.2) is 4.68 Å². The number of benzene rings is 1. The van der Waals surface area contributed by atoms with Crippen LogP contribution in [0, 0.1) is 6.92 Å². The Morgan fingerprint density at radius 2 is 2.22 bits per heavy atom. The summed E-state index contributed by atoms with van der Waals surface area (Å²) in [6.45, 7) is 3.35. The van der Waals surface area contributed by atoms with Crippen LogP contribution in [0.3, 0.4) is 0 Å². The molecule has 2 rings (SSSR count). The molecule has 0 saturated carbocycles. The largest absolute Gasteiger partial charge is 0.496 e. The second kappa shape index (κ2) is 5.59. The molecule has 0 saturated heterocycles. The SMILES string of the molecule is COc1ccc(-c2nnnn2CCCN)cc1C. The van der Waals surface area contributed by atoms with E-state index in [2.05, 4.69) is 15.5 Å². The van der Waals surface area contributed by atoms with Crippen LogP contribution in [0.5, 0.6) is 5.75 Å². The number of aryl methyl sites for hydroxylation is 2. The molecule has 0 spiro atoms. The van der Waals surface area contributed by atoms with Gasteiger partial charge in [-0.05, 0) is 54.1 Å². The summed E-state index contributed by atoms with van der Waals surface area (Å²) in [6.07, 6.45) is 0.854. The lowest BCUT2D eigenvalue weighted by molar-refractivity contribution is 0.412. The molecule has 0 amide bonds. The predicted octanol–water partition coefficient (Wildman–Crippen LogP) is 1.01. The molecule has 0 unspecified atom stereocenters. The van der Waals surface area contributed by atoms with Crippen LogP contribution < -0.4 is 10.5 Å². The maximum Gasteiger partial charge on any atom is 0.182 e. The summed E-state index contributed by atoms with van der Waals surface area (Å²) in [5, 5.41) is 11.7. The fraction of sp³-hybridized carbons (Fsp3) is 0.417. The fourth-order valence-electron chi connectivity index (χ4n) is 1.82. The number of hydrogen-bond acceptors (Lipinski definition) is 5. The van der Waals surface area contributed by atoms with Crippen molar-refractivity contribution >= 4 is 0 Å². The average molecular weight is 247 g/mol. The maximum absolute atomic E-state index is 5.50. The first-order chi connectivity index (χ1) is 8.76. The summed E-state index contributed by atoms with van der Waals surface area (Å²) in [7, 11) is 1.66. The summed E-state index contributed by atoms with van der Waals surface area (Å²) in [5.41, 5.74) is 7.54. The Hall–Kier alpha value is -1.95. The molecule has 18 heavy (non-hydrogen) atoms. The molecule has 1 heterocycles. The zero-order valence-corrected chi connectivity index (χ0v) is 10.6. The topological polar surface area (TPSA) is 78.9 Å². The minimum Gasteiger partial charge on any atom is -0.496 e. The third-order valence-corrected chi connectivity index (χ3v) is 2.76. The highest BCUT2D eigenvalue weighted by molar-refractivity contribution is 5.58. The van der Waals surface area contributed by atoms with Gasteiger partial charge in [0.05, 0.1) is 7.11 Å². The van der Waals surface area contributed by atoms with Crippen LogP contribution in [0.4, 0.5) is 0 Å². The van der Waals surface area contributed by atoms with Crippen LogP contribution in [0.1, 0.15) is 12.0 Å². The van der Waals surface area contributed by atoms with E-state index in [0.29, 0.717) is 6.54 Å². The number of ether oxygens (including phenoxy) is 1. The molecule has 0 bridgehead atoms. The summed E-state index contributed by atoms with van der Waals surface area (Å²) in [6, 6.07) is 5.90. The van der Waals surface area contributed by atoms with Gasteiger partial charge in [0.2, 0.25) is 0 Å². The van der Waals surface area contributed by atoms with Crippen LogP contribution in [-0.4, -0.2) is 33.9 Å². The van der Waals surface area contributed by atoms with Crippen molar-refractivity contribution in [1.29, 1.82) is 0 Å². The summed E-state index contributed by atoms with van der Waals surface area (Å²) < 4.78 is 7.01. The Kier molecular flexibility index (Phi) is 3.88. The molecule has 0 aliphatic rings. The van der Waals surface area contributed by atoms with E-state index in [9.17, 15) is 0 Å². The zero-order chi connectivity index (χ0) is 13.0. The molecular weight excluding hydrogens is 230 g/mol. The maximum atomic E-state index is 5.50. The van der Waals surface area contributed by atoms with Gasteiger partial charge in [0.15, 0.2) is 5.82 Å². The van der Waals surface area contributed by atoms with Crippen molar-refractivity contribution in [3.05, 3.63) is 23.8 Å². The second-order valence-corrected chi connectivity index (χ2v) is 4.05. The van der Waals surface area contributed by atoms with Crippen LogP contribution >= 0.6 is 0 Å². The Morgan fingerprint density at radius 1 is 1.39 bits per heavy atom. The van der Waals surface area contributed by atoms with E-state index < -0.39 is 0 Å². The smallest absolute Gasteiger partial charge is 0.182 e. The minimum atomic E-state index is 0.626. The standard InChI is InChI=1S/C12H17N5O/c1-9-8-10(4-5-11(9)18-2)12-14-15-16-17(12)7-3-6-13/h4-5,8H,3,6-7,13H2,1-2H3. The van der Waals surface area contributed by atoms with Crippen molar-refractivity contribution in [3.63, 3.8) is 0 Å². The molecular formula is C12H17N5O. The molecule has 0 atom stereocenters. The van der Waals surface area contributed by atoms with Crippen LogP contribution in [0.2, 0.25) is 0 Å². The van der Waals surface area contributed by atoms with Gasteiger partial charge in [-0.1, -0.05) is 0 Å². The van der Waals surface area contributed by atoms with Crippen molar-refractivity contribution in [2.75, 3.05) is 13.7 Å². The number of aromatic nitrogens is 4. The van der Waals surface area contributed by atoms with Crippen molar-refractivity contribution in [2.45, 2.75) is 19.9 Å². The van der Waals surface area contributed by atoms with Gasteiger partial charge < -0.3 is 10.5 Å². The highest BCUT2D eigenvalue weighted by atomic mass is 16.5. The highest BCUT2D eigenvalue weighted by Crippen LogP contribution is 2.24. The number of nitrogens with zero attached hydrogens (tertiary/aromatic N) is 4. The average Bonchev–Trinajstić information content (AvgIpc) is 2.84. The van der Waals surface area contributed by atoms with Crippen molar-refractivity contribution < 1.29 is 4.74 Å². The number of methoxy groups -OCH3 is 1. The molecule has 0 fully saturated rings. The fourth-order valence-corrected chi connectivity index (χ4v) is 1.82. The van der Waals surface area contributed by atoms with E-state index in [4.69, 9.17) is 10.5 Å². The number of nitrogens with two attached hydrogens (primary N) is 1. The zero-order valence-electron chi connectivity index (χ0n) is 10.6. The third kappa shape index (κ3) is 2.48. The highest BCUT2D eigenvalue weighted by Gasteiger charge is 2.10. The molecule has 96 valence electrons. The Labute approximate surface area is 106 Å². The lowest BCUT2D eigenvalue weighted by Crippen LogP contribution is -2.08.